The van der Waals surface area contributed by atoms with Gasteiger partial charge in [-0.1, -0.05) is 26.7 Å². The molecule has 1 rings (SSSR count). The molecule has 2 heteroatoms. The molecule has 2 unspecified atom stereocenters. The molecule has 1 N–H and O–H groups in total. The van der Waals surface area contributed by atoms with E-state index < -0.39 is 0 Å². The molecule has 1 fully saturated rings. The predicted molar refractivity (Wildman–Crippen MR) is 55.8 cm³/mol. The van der Waals surface area contributed by atoms with E-state index in [0.717, 1.165) is 25.0 Å². The lowest BCUT2D eigenvalue weighted by Gasteiger charge is -2.31. The monoisotopic (exact) mass is 185 g/mol. The molecule has 2 atom stereocenters. The van der Waals surface area contributed by atoms with Crippen molar-refractivity contribution in [1.82, 2.24) is 4.90 Å². The molecule has 13 heavy (non-hydrogen) atoms. The van der Waals surface area contributed by atoms with Crippen molar-refractivity contribution >= 4 is 0 Å². The summed E-state index contributed by atoms with van der Waals surface area (Å²) >= 11 is 0. The van der Waals surface area contributed by atoms with Crippen molar-refractivity contribution in [3.05, 3.63) is 0 Å². The summed E-state index contributed by atoms with van der Waals surface area (Å²) in [5, 5.41) is 8.95. The van der Waals surface area contributed by atoms with Gasteiger partial charge in [0.2, 0.25) is 0 Å². The summed E-state index contributed by atoms with van der Waals surface area (Å²) in [4.78, 5) is 2.45. The third-order valence-corrected chi connectivity index (χ3v) is 3.41. The molecule has 78 valence electrons. The largest absolute Gasteiger partial charge is 0.395 e. The number of nitrogens with zero attached hydrogens (tertiary/aromatic N) is 1. The number of aliphatic hydroxyl groups excluding tert-OH is 1. The molecule has 0 amide bonds. The van der Waals surface area contributed by atoms with Crippen LogP contribution in [0.25, 0.3) is 0 Å². The van der Waals surface area contributed by atoms with Gasteiger partial charge in [0.1, 0.15) is 0 Å². The minimum atomic E-state index is 0.306. The molecule has 1 aliphatic rings. The third-order valence-electron chi connectivity index (χ3n) is 3.41. The molecule has 0 bridgehead atoms. The Morgan fingerprint density at radius 1 is 1.31 bits per heavy atom. The van der Waals surface area contributed by atoms with Crippen LogP contribution >= 0.6 is 0 Å². The lowest BCUT2D eigenvalue weighted by Crippen LogP contribution is -2.39. The Morgan fingerprint density at radius 3 is 2.62 bits per heavy atom. The Bertz CT molecular complexity index is 138. The van der Waals surface area contributed by atoms with Gasteiger partial charge in [-0.25, -0.2) is 0 Å². The second-order valence-corrected chi connectivity index (χ2v) is 4.02. The van der Waals surface area contributed by atoms with Crippen molar-refractivity contribution in [1.29, 1.82) is 0 Å². The smallest absolute Gasteiger partial charge is 0.0558 e. The molecule has 0 aromatic rings. The maximum atomic E-state index is 8.95. The Hall–Kier alpha value is -0.0800. The molecule has 0 spiro atoms. The summed E-state index contributed by atoms with van der Waals surface area (Å²) < 4.78 is 0. The topological polar surface area (TPSA) is 23.5 Å². The second-order valence-electron chi connectivity index (χ2n) is 4.02. The SMILES string of the molecule is CCC1CCCC1N(CC)CCO. The summed E-state index contributed by atoms with van der Waals surface area (Å²) in [6.45, 7) is 6.73. The van der Waals surface area contributed by atoms with Crippen LogP contribution in [-0.4, -0.2) is 35.7 Å². The van der Waals surface area contributed by atoms with Crippen LogP contribution in [0.5, 0.6) is 0 Å². The van der Waals surface area contributed by atoms with E-state index in [1.807, 2.05) is 0 Å². The molecular weight excluding hydrogens is 162 g/mol. The standard InChI is InChI=1S/C11H23NO/c1-3-10-6-5-7-11(10)12(4-2)8-9-13/h10-11,13H,3-9H2,1-2H3. The van der Waals surface area contributed by atoms with E-state index in [0.29, 0.717) is 6.61 Å². The van der Waals surface area contributed by atoms with Crippen LogP contribution in [-0.2, 0) is 0 Å². The van der Waals surface area contributed by atoms with Gasteiger partial charge < -0.3 is 5.11 Å². The van der Waals surface area contributed by atoms with Crippen molar-refractivity contribution in [2.24, 2.45) is 5.92 Å². The van der Waals surface area contributed by atoms with Gasteiger partial charge in [0.05, 0.1) is 6.61 Å². The second kappa shape index (κ2) is 5.61. The van der Waals surface area contributed by atoms with Gasteiger partial charge in [-0.05, 0) is 25.3 Å². The molecule has 0 radical (unpaired) electrons. The van der Waals surface area contributed by atoms with Crippen LogP contribution in [0, 0.1) is 5.92 Å². The molecule has 0 saturated heterocycles. The van der Waals surface area contributed by atoms with Crippen molar-refractivity contribution < 1.29 is 5.11 Å². The normalized spacial score (nSPS) is 28.6. The average Bonchev–Trinajstić information content (AvgIpc) is 2.61. The van der Waals surface area contributed by atoms with E-state index in [2.05, 4.69) is 18.7 Å². The van der Waals surface area contributed by atoms with Crippen molar-refractivity contribution in [2.45, 2.75) is 45.6 Å². The molecule has 1 saturated carbocycles. The van der Waals surface area contributed by atoms with E-state index >= 15 is 0 Å². The van der Waals surface area contributed by atoms with Gasteiger partial charge in [-0.15, -0.1) is 0 Å². The Morgan fingerprint density at radius 2 is 2.08 bits per heavy atom. The van der Waals surface area contributed by atoms with Crippen LogP contribution in [0.1, 0.15) is 39.5 Å². The molecule has 1 aliphatic carbocycles. The number of aliphatic hydroxyl groups is 1. The molecule has 0 heterocycles. The van der Waals surface area contributed by atoms with Crippen molar-refractivity contribution in [2.75, 3.05) is 19.7 Å². The van der Waals surface area contributed by atoms with Gasteiger partial charge in [0.15, 0.2) is 0 Å². The van der Waals surface area contributed by atoms with Gasteiger partial charge in [-0.3, -0.25) is 4.90 Å². The maximum Gasteiger partial charge on any atom is 0.0558 e. The van der Waals surface area contributed by atoms with Crippen LogP contribution in [0.2, 0.25) is 0 Å². The minimum absolute atomic E-state index is 0.306. The summed E-state index contributed by atoms with van der Waals surface area (Å²) in [6, 6.07) is 0.752. The van der Waals surface area contributed by atoms with Gasteiger partial charge >= 0.3 is 0 Å². The molecule has 2 nitrogen and oxygen atoms in total. The fraction of sp³-hybridized carbons (Fsp3) is 1.00. The average molecular weight is 185 g/mol. The molecule has 0 aromatic carbocycles. The van der Waals surface area contributed by atoms with E-state index in [1.54, 1.807) is 0 Å². The van der Waals surface area contributed by atoms with Crippen molar-refractivity contribution in [3.63, 3.8) is 0 Å². The summed E-state index contributed by atoms with van der Waals surface area (Å²) in [6.07, 6.45) is 5.41. The maximum absolute atomic E-state index is 8.95. The molecular formula is C11H23NO. The van der Waals surface area contributed by atoms with E-state index in [1.165, 1.54) is 25.7 Å². The first-order chi connectivity index (χ1) is 6.33. The lowest BCUT2D eigenvalue weighted by atomic mass is 9.99. The highest BCUT2D eigenvalue weighted by molar-refractivity contribution is 4.84. The summed E-state index contributed by atoms with van der Waals surface area (Å²) in [7, 11) is 0. The fourth-order valence-electron chi connectivity index (χ4n) is 2.66. The third kappa shape index (κ3) is 2.68. The number of hydrogen-bond donors (Lipinski definition) is 1. The zero-order valence-electron chi connectivity index (χ0n) is 9.00. The first kappa shape index (κ1) is 11.0. The number of hydrogen-bond acceptors (Lipinski definition) is 2. The first-order valence-electron chi connectivity index (χ1n) is 5.68. The Kier molecular flexibility index (Phi) is 4.74. The quantitative estimate of drug-likeness (QED) is 0.707. The lowest BCUT2D eigenvalue weighted by molar-refractivity contribution is 0.130. The highest BCUT2D eigenvalue weighted by atomic mass is 16.3. The van der Waals surface area contributed by atoms with Gasteiger partial charge in [-0.2, -0.15) is 0 Å². The fourth-order valence-corrected chi connectivity index (χ4v) is 2.66. The highest BCUT2D eigenvalue weighted by Gasteiger charge is 2.29. The van der Waals surface area contributed by atoms with E-state index in [4.69, 9.17) is 5.11 Å². The number of rotatable bonds is 5. The van der Waals surface area contributed by atoms with Gasteiger partial charge in [0, 0.05) is 12.6 Å². The predicted octanol–water partition coefficient (Wildman–Crippen LogP) is 1.88. The highest BCUT2D eigenvalue weighted by Crippen LogP contribution is 2.31. The first-order valence-corrected chi connectivity index (χ1v) is 5.68. The Balaban J connectivity index is 2.46. The molecule has 0 aliphatic heterocycles. The van der Waals surface area contributed by atoms with Crippen molar-refractivity contribution in [3.8, 4) is 0 Å². The van der Waals surface area contributed by atoms with Gasteiger partial charge in [0.25, 0.3) is 0 Å². The zero-order valence-corrected chi connectivity index (χ0v) is 9.00. The summed E-state index contributed by atoms with van der Waals surface area (Å²) in [5.74, 6) is 0.881. The van der Waals surface area contributed by atoms with E-state index in [9.17, 15) is 0 Å². The Labute approximate surface area is 81.9 Å². The van der Waals surface area contributed by atoms with Crippen LogP contribution in [0.3, 0.4) is 0 Å². The van der Waals surface area contributed by atoms with E-state index in [-0.39, 0.29) is 0 Å². The minimum Gasteiger partial charge on any atom is -0.395 e. The van der Waals surface area contributed by atoms with Crippen LogP contribution in [0.15, 0.2) is 0 Å². The van der Waals surface area contributed by atoms with Crippen LogP contribution in [0.4, 0.5) is 0 Å². The zero-order chi connectivity index (χ0) is 9.68. The number of likely N-dealkylation sites (N-methyl/N-ethyl adjacent to an activating group) is 1. The molecule has 0 aromatic heterocycles. The summed E-state index contributed by atoms with van der Waals surface area (Å²) in [5.41, 5.74) is 0. The van der Waals surface area contributed by atoms with Crippen LogP contribution < -0.4 is 0 Å².